The number of hydrogen-bond donors (Lipinski definition) is 0. The maximum Gasteiger partial charge on any atom is 0.284 e. The van der Waals surface area contributed by atoms with E-state index in [1.165, 1.54) is 29.2 Å². The molecule has 0 saturated carbocycles. The minimum atomic E-state index is -0.456. The van der Waals surface area contributed by atoms with E-state index in [0.29, 0.717) is 14.3 Å². The molecule has 0 bridgehead atoms. The summed E-state index contributed by atoms with van der Waals surface area (Å²) in [6.45, 7) is 1.83. The van der Waals surface area contributed by atoms with Crippen LogP contribution in [0.5, 0.6) is 0 Å². The fourth-order valence-corrected chi connectivity index (χ4v) is 3.16. The largest absolute Gasteiger partial charge is 0.284 e. The van der Waals surface area contributed by atoms with Gasteiger partial charge in [0.25, 0.3) is 5.69 Å². The van der Waals surface area contributed by atoms with Gasteiger partial charge in [-0.2, -0.15) is 0 Å². The Bertz CT molecular complexity index is 573. The van der Waals surface area contributed by atoms with Gasteiger partial charge in [-0.05, 0) is 19.1 Å². The van der Waals surface area contributed by atoms with Gasteiger partial charge in [-0.25, -0.2) is 0 Å². The average molecular weight is 288 g/mol. The molecule has 0 fully saturated rings. The fraction of sp³-hybridized carbons (Fsp3) is 0.111. The number of nitro groups is 1. The molecule has 0 amide bonds. The molecule has 1 heterocycles. The Balaban J connectivity index is 2.35. The molecule has 0 spiro atoms. The lowest BCUT2D eigenvalue weighted by molar-refractivity contribution is -0.387. The molecule has 0 unspecified atom stereocenters. The topological polar surface area (TPSA) is 68.9 Å². The SMILES string of the molecule is Cc1nnc(Sc2ccc(Cl)cc2[N+](=O)[O-])s1. The quantitative estimate of drug-likeness (QED) is 0.638. The van der Waals surface area contributed by atoms with Crippen LogP contribution in [0, 0.1) is 17.0 Å². The van der Waals surface area contributed by atoms with E-state index in [-0.39, 0.29) is 5.69 Å². The summed E-state index contributed by atoms with van der Waals surface area (Å²) >= 11 is 8.34. The van der Waals surface area contributed by atoms with E-state index in [0.717, 1.165) is 5.01 Å². The molecule has 0 atom stereocenters. The normalized spacial score (nSPS) is 10.5. The number of nitrogens with zero attached hydrogens (tertiary/aromatic N) is 3. The lowest BCUT2D eigenvalue weighted by Crippen LogP contribution is -1.90. The van der Waals surface area contributed by atoms with Crippen LogP contribution in [-0.2, 0) is 0 Å². The van der Waals surface area contributed by atoms with E-state index in [2.05, 4.69) is 10.2 Å². The molecule has 17 heavy (non-hydrogen) atoms. The summed E-state index contributed by atoms with van der Waals surface area (Å²) in [5, 5.41) is 19.8. The van der Waals surface area contributed by atoms with Crippen molar-refractivity contribution < 1.29 is 4.92 Å². The van der Waals surface area contributed by atoms with Crippen LogP contribution in [-0.4, -0.2) is 15.1 Å². The molecular formula is C9H6ClN3O2S2. The molecule has 1 aromatic heterocycles. The molecule has 2 rings (SSSR count). The Labute approximate surface area is 110 Å². The van der Waals surface area contributed by atoms with Crippen molar-refractivity contribution in [2.45, 2.75) is 16.2 Å². The molecular weight excluding hydrogens is 282 g/mol. The van der Waals surface area contributed by atoms with Crippen LogP contribution in [0.2, 0.25) is 5.02 Å². The summed E-state index contributed by atoms with van der Waals surface area (Å²) in [6, 6.07) is 4.56. The standard InChI is InChI=1S/C9H6ClN3O2S2/c1-5-11-12-9(16-5)17-8-3-2-6(10)4-7(8)13(14)15/h2-4H,1H3. The first-order chi connectivity index (χ1) is 8.06. The van der Waals surface area contributed by atoms with E-state index < -0.39 is 4.92 Å². The lowest BCUT2D eigenvalue weighted by Gasteiger charge is -1.99. The third-order valence-corrected chi connectivity index (χ3v) is 4.01. The van der Waals surface area contributed by atoms with Crippen molar-refractivity contribution in [3.8, 4) is 0 Å². The van der Waals surface area contributed by atoms with Crippen molar-refractivity contribution in [2.75, 3.05) is 0 Å². The molecule has 8 heteroatoms. The third-order valence-electron chi connectivity index (χ3n) is 1.82. The molecule has 0 aliphatic carbocycles. The Kier molecular flexibility index (Phi) is 3.60. The number of rotatable bonds is 3. The summed E-state index contributed by atoms with van der Waals surface area (Å²) in [5.74, 6) is 0. The molecule has 2 aromatic rings. The Hall–Kier alpha value is -1.18. The molecule has 0 aliphatic rings. The van der Waals surface area contributed by atoms with E-state index >= 15 is 0 Å². The number of nitro benzene ring substituents is 1. The monoisotopic (exact) mass is 287 g/mol. The average Bonchev–Trinajstić information content (AvgIpc) is 2.66. The van der Waals surface area contributed by atoms with Gasteiger partial charge in [-0.3, -0.25) is 10.1 Å². The Morgan fingerprint density at radius 3 is 2.82 bits per heavy atom. The highest BCUT2D eigenvalue weighted by Crippen LogP contribution is 2.37. The Morgan fingerprint density at radius 1 is 1.47 bits per heavy atom. The number of aromatic nitrogens is 2. The second kappa shape index (κ2) is 4.99. The number of hydrogen-bond acceptors (Lipinski definition) is 6. The van der Waals surface area contributed by atoms with Crippen LogP contribution in [0.3, 0.4) is 0 Å². The number of benzene rings is 1. The van der Waals surface area contributed by atoms with E-state index in [1.54, 1.807) is 12.1 Å². The predicted molar refractivity (Wildman–Crippen MR) is 66.9 cm³/mol. The molecule has 1 aromatic carbocycles. The molecule has 5 nitrogen and oxygen atoms in total. The minimum Gasteiger partial charge on any atom is -0.258 e. The van der Waals surface area contributed by atoms with Gasteiger partial charge in [0.1, 0.15) is 5.01 Å². The molecule has 0 N–H and O–H groups in total. The van der Waals surface area contributed by atoms with Crippen molar-refractivity contribution in [3.63, 3.8) is 0 Å². The predicted octanol–water partition coefficient (Wildman–Crippen LogP) is 3.56. The first-order valence-corrected chi connectivity index (χ1v) is 6.49. The van der Waals surface area contributed by atoms with Crippen LogP contribution in [0.1, 0.15) is 5.01 Å². The smallest absolute Gasteiger partial charge is 0.258 e. The van der Waals surface area contributed by atoms with Crippen molar-refractivity contribution in [1.29, 1.82) is 0 Å². The zero-order chi connectivity index (χ0) is 12.4. The van der Waals surface area contributed by atoms with Crippen LogP contribution in [0.4, 0.5) is 5.69 Å². The van der Waals surface area contributed by atoms with Crippen molar-refractivity contribution in [1.82, 2.24) is 10.2 Å². The van der Waals surface area contributed by atoms with Gasteiger partial charge in [-0.15, -0.1) is 10.2 Å². The molecule has 0 saturated heterocycles. The van der Waals surface area contributed by atoms with Gasteiger partial charge in [0.15, 0.2) is 4.34 Å². The fourth-order valence-electron chi connectivity index (χ4n) is 1.13. The molecule has 88 valence electrons. The van der Waals surface area contributed by atoms with Gasteiger partial charge >= 0.3 is 0 Å². The molecule has 0 aliphatic heterocycles. The summed E-state index contributed by atoms with van der Waals surface area (Å²) in [7, 11) is 0. The zero-order valence-corrected chi connectivity index (χ0v) is 11.0. The number of aryl methyl sites for hydroxylation is 1. The van der Waals surface area contributed by atoms with Crippen molar-refractivity contribution in [3.05, 3.63) is 38.3 Å². The highest BCUT2D eigenvalue weighted by Gasteiger charge is 2.16. The first-order valence-electron chi connectivity index (χ1n) is 4.48. The summed E-state index contributed by atoms with van der Waals surface area (Å²) in [4.78, 5) is 10.9. The Morgan fingerprint density at radius 2 is 2.24 bits per heavy atom. The minimum absolute atomic E-state index is 0.0182. The van der Waals surface area contributed by atoms with E-state index in [9.17, 15) is 10.1 Å². The van der Waals surface area contributed by atoms with Gasteiger partial charge in [-0.1, -0.05) is 34.7 Å². The van der Waals surface area contributed by atoms with E-state index in [4.69, 9.17) is 11.6 Å². The summed E-state index contributed by atoms with van der Waals surface area (Å²) in [6.07, 6.45) is 0. The number of halogens is 1. The lowest BCUT2D eigenvalue weighted by atomic mass is 10.3. The summed E-state index contributed by atoms with van der Waals surface area (Å²) in [5.41, 5.74) is -0.0182. The van der Waals surface area contributed by atoms with Crippen LogP contribution >= 0.6 is 34.7 Å². The van der Waals surface area contributed by atoms with Gasteiger partial charge in [0.05, 0.1) is 9.82 Å². The highest BCUT2D eigenvalue weighted by molar-refractivity contribution is 8.01. The van der Waals surface area contributed by atoms with Crippen molar-refractivity contribution >= 4 is 40.4 Å². The highest BCUT2D eigenvalue weighted by atomic mass is 35.5. The van der Waals surface area contributed by atoms with Crippen molar-refractivity contribution in [2.24, 2.45) is 0 Å². The summed E-state index contributed by atoms with van der Waals surface area (Å²) < 4.78 is 0.674. The zero-order valence-electron chi connectivity index (χ0n) is 8.58. The maximum atomic E-state index is 10.9. The van der Waals surface area contributed by atoms with Gasteiger partial charge in [0.2, 0.25) is 0 Å². The van der Waals surface area contributed by atoms with Crippen LogP contribution in [0.15, 0.2) is 27.4 Å². The second-order valence-corrected chi connectivity index (χ2v) is 5.97. The second-order valence-electron chi connectivity index (χ2n) is 3.06. The van der Waals surface area contributed by atoms with Gasteiger partial charge < -0.3 is 0 Å². The third kappa shape index (κ3) is 2.93. The van der Waals surface area contributed by atoms with E-state index in [1.807, 2.05) is 6.92 Å². The maximum absolute atomic E-state index is 10.9. The van der Waals surface area contributed by atoms with Gasteiger partial charge in [0, 0.05) is 11.1 Å². The first kappa shape index (κ1) is 12.3. The van der Waals surface area contributed by atoms with Crippen LogP contribution in [0.25, 0.3) is 0 Å². The molecule has 0 radical (unpaired) electrons. The van der Waals surface area contributed by atoms with Crippen LogP contribution < -0.4 is 0 Å².